The monoisotopic (exact) mass is 252 g/mol. The molecule has 1 aliphatic rings. The van der Waals surface area contributed by atoms with E-state index < -0.39 is 0 Å². The standard InChI is InChI=1S/C12H13FN2OS/c13-9-3-5-10(6-4-9)14-11(16)12(17)15-7-1-2-8-15/h3-6H,1-2,7-8H2,(H,14,16). The third-order valence-electron chi connectivity index (χ3n) is 2.69. The van der Waals surface area contributed by atoms with E-state index in [1.165, 1.54) is 24.3 Å². The average molecular weight is 252 g/mol. The van der Waals surface area contributed by atoms with Crippen molar-refractivity contribution < 1.29 is 9.18 Å². The van der Waals surface area contributed by atoms with E-state index in [0.29, 0.717) is 10.7 Å². The molecule has 1 aromatic rings. The van der Waals surface area contributed by atoms with E-state index in [1.807, 2.05) is 4.90 Å². The molecule has 1 aliphatic heterocycles. The lowest BCUT2D eigenvalue weighted by Gasteiger charge is -2.17. The number of carbonyl (C=O) groups excluding carboxylic acids is 1. The van der Waals surface area contributed by atoms with Gasteiger partial charge in [-0.2, -0.15) is 0 Å². The maximum absolute atomic E-state index is 12.7. The molecule has 1 heterocycles. The predicted molar refractivity (Wildman–Crippen MR) is 68.4 cm³/mol. The highest BCUT2D eigenvalue weighted by Gasteiger charge is 2.20. The van der Waals surface area contributed by atoms with Gasteiger partial charge in [0.15, 0.2) is 4.99 Å². The topological polar surface area (TPSA) is 32.3 Å². The summed E-state index contributed by atoms with van der Waals surface area (Å²) in [6, 6.07) is 5.63. The van der Waals surface area contributed by atoms with Crippen molar-refractivity contribution in [3.8, 4) is 0 Å². The lowest BCUT2D eigenvalue weighted by Crippen LogP contribution is -2.36. The van der Waals surface area contributed by atoms with Gasteiger partial charge in [-0.3, -0.25) is 4.79 Å². The van der Waals surface area contributed by atoms with E-state index >= 15 is 0 Å². The van der Waals surface area contributed by atoms with E-state index in [-0.39, 0.29) is 11.7 Å². The summed E-state index contributed by atoms with van der Waals surface area (Å²) in [4.78, 5) is 14.0. The second kappa shape index (κ2) is 5.23. The average Bonchev–Trinajstić information content (AvgIpc) is 2.84. The number of carbonyl (C=O) groups is 1. The SMILES string of the molecule is O=C(Nc1ccc(F)cc1)C(=S)N1CCCC1. The van der Waals surface area contributed by atoms with Crippen LogP contribution in [0.15, 0.2) is 24.3 Å². The number of nitrogens with one attached hydrogen (secondary N) is 1. The molecule has 1 N–H and O–H groups in total. The molecule has 17 heavy (non-hydrogen) atoms. The number of anilines is 1. The highest BCUT2D eigenvalue weighted by Crippen LogP contribution is 2.11. The molecule has 0 radical (unpaired) electrons. The van der Waals surface area contributed by atoms with Gasteiger partial charge in [-0.1, -0.05) is 12.2 Å². The Morgan fingerprint density at radius 2 is 1.82 bits per heavy atom. The molecule has 1 amide bonds. The zero-order chi connectivity index (χ0) is 12.3. The summed E-state index contributed by atoms with van der Waals surface area (Å²) in [5, 5.41) is 2.66. The molecule has 0 unspecified atom stereocenters. The number of rotatable bonds is 1. The summed E-state index contributed by atoms with van der Waals surface area (Å²) in [5.74, 6) is -0.626. The fraction of sp³-hybridized carbons (Fsp3) is 0.333. The summed E-state index contributed by atoms with van der Waals surface area (Å²) in [6.45, 7) is 1.69. The summed E-state index contributed by atoms with van der Waals surface area (Å²) in [6.07, 6.45) is 2.15. The molecular weight excluding hydrogens is 239 g/mol. The van der Waals surface area contributed by atoms with E-state index in [1.54, 1.807) is 0 Å². The van der Waals surface area contributed by atoms with Crippen LogP contribution >= 0.6 is 12.2 Å². The van der Waals surface area contributed by atoms with Crippen LogP contribution in [0.3, 0.4) is 0 Å². The van der Waals surface area contributed by atoms with Crippen molar-refractivity contribution in [2.45, 2.75) is 12.8 Å². The zero-order valence-electron chi connectivity index (χ0n) is 9.28. The lowest BCUT2D eigenvalue weighted by molar-refractivity contribution is -0.110. The lowest BCUT2D eigenvalue weighted by atomic mass is 10.3. The number of likely N-dealkylation sites (tertiary alicyclic amines) is 1. The van der Waals surface area contributed by atoms with E-state index in [4.69, 9.17) is 12.2 Å². The van der Waals surface area contributed by atoms with Gasteiger partial charge in [0.1, 0.15) is 5.82 Å². The second-order valence-electron chi connectivity index (χ2n) is 3.96. The number of hydrogen-bond donors (Lipinski definition) is 1. The number of thiocarbonyl (C=S) groups is 1. The molecule has 90 valence electrons. The predicted octanol–water partition coefficient (Wildman–Crippen LogP) is 2.19. The van der Waals surface area contributed by atoms with Gasteiger partial charge in [-0.05, 0) is 37.1 Å². The largest absolute Gasteiger partial charge is 0.358 e. The first-order valence-electron chi connectivity index (χ1n) is 5.52. The van der Waals surface area contributed by atoms with Crippen LogP contribution in [0.5, 0.6) is 0 Å². The Hall–Kier alpha value is -1.49. The summed E-state index contributed by atoms with van der Waals surface area (Å²) >= 11 is 5.10. The van der Waals surface area contributed by atoms with Crippen molar-refractivity contribution in [1.82, 2.24) is 4.90 Å². The van der Waals surface area contributed by atoms with Gasteiger partial charge in [0.05, 0.1) is 0 Å². The molecule has 1 aromatic carbocycles. The molecule has 2 rings (SSSR count). The Labute approximate surface area is 105 Å². The molecule has 0 saturated carbocycles. The van der Waals surface area contributed by atoms with Crippen molar-refractivity contribution in [3.05, 3.63) is 30.1 Å². The van der Waals surface area contributed by atoms with Crippen LogP contribution < -0.4 is 5.32 Å². The molecular formula is C12H13FN2OS. The molecule has 0 aliphatic carbocycles. The maximum atomic E-state index is 12.7. The van der Waals surface area contributed by atoms with Gasteiger partial charge in [0.25, 0.3) is 5.91 Å². The maximum Gasteiger partial charge on any atom is 0.283 e. The van der Waals surface area contributed by atoms with Crippen molar-refractivity contribution in [1.29, 1.82) is 0 Å². The van der Waals surface area contributed by atoms with Crippen LogP contribution in [0.4, 0.5) is 10.1 Å². The fourth-order valence-corrected chi connectivity index (χ4v) is 2.02. The van der Waals surface area contributed by atoms with Gasteiger partial charge in [-0.25, -0.2) is 4.39 Å². The molecule has 0 spiro atoms. The first-order valence-corrected chi connectivity index (χ1v) is 5.93. The highest BCUT2D eigenvalue weighted by atomic mass is 32.1. The van der Waals surface area contributed by atoms with Crippen LogP contribution in [0, 0.1) is 5.82 Å². The van der Waals surface area contributed by atoms with Crippen molar-refractivity contribution in [2.75, 3.05) is 18.4 Å². The fourth-order valence-electron chi connectivity index (χ4n) is 1.78. The van der Waals surface area contributed by atoms with Crippen molar-refractivity contribution >= 4 is 28.8 Å². The third kappa shape index (κ3) is 3.00. The molecule has 1 saturated heterocycles. The van der Waals surface area contributed by atoms with Gasteiger partial charge < -0.3 is 10.2 Å². The molecule has 0 aromatic heterocycles. The van der Waals surface area contributed by atoms with Crippen LogP contribution in [-0.2, 0) is 4.79 Å². The summed E-state index contributed by atoms with van der Waals surface area (Å²) < 4.78 is 12.7. The minimum Gasteiger partial charge on any atom is -0.358 e. The molecule has 0 bridgehead atoms. The Morgan fingerprint density at radius 3 is 2.41 bits per heavy atom. The van der Waals surface area contributed by atoms with E-state index in [2.05, 4.69) is 5.32 Å². The first-order chi connectivity index (χ1) is 8.16. The summed E-state index contributed by atoms with van der Waals surface area (Å²) in [5.41, 5.74) is 0.554. The van der Waals surface area contributed by atoms with Gasteiger partial charge in [0, 0.05) is 18.8 Å². The van der Waals surface area contributed by atoms with E-state index in [9.17, 15) is 9.18 Å². The van der Waals surface area contributed by atoms with Crippen LogP contribution in [0.25, 0.3) is 0 Å². The van der Waals surface area contributed by atoms with E-state index in [0.717, 1.165) is 25.9 Å². The Balaban J connectivity index is 1.96. The van der Waals surface area contributed by atoms with Crippen molar-refractivity contribution in [3.63, 3.8) is 0 Å². The van der Waals surface area contributed by atoms with Gasteiger partial charge in [0.2, 0.25) is 0 Å². The quantitative estimate of drug-likeness (QED) is 0.778. The number of halogens is 1. The Morgan fingerprint density at radius 1 is 1.24 bits per heavy atom. The minimum absolute atomic E-state index is 0.298. The molecule has 3 nitrogen and oxygen atoms in total. The first kappa shape index (κ1) is 12.0. The zero-order valence-corrected chi connectivity index (χ0v) is 10.1. The number of hydrogen-bond acceptors (Lipinski definition) is 2. The van der Waals surface area contributed by atoms with Gasteiger partial charge in [-0.15, -0.1) is 0 Å². The molecule has 1 fully saturated rings. The molecule has 5 heteroatoms. The van der Waals surface area contributed by atoms with Crippen LogP contribution in [0.1, 0.15) is 12.8 Å². The normalized spacial score (nSPS) is 14.8. The molecule has 0 atom stereocenters. The summed E-state index contributed by atoms with van der Waals surface area (Å²) in [7, 11) is 0. The Kier molecular flexibility index (Phi) is 3.68. The minimum atomic E-state index is -0.329. The number of benzene rings is 1. The van der Waals surface area contributed by atoms with Gasteiger partial charge >= 0.3 is 0 Å². The number of nitrogens with zero attached hydrogens (tertiary/aromatic N) is 1. The van der Waals surface area contributed by atoms with Crippen LogP contribution in [0.2, 0.25) is 0 Å². The number of amides is 1. The third-order valence-corrected chi connectivity index (χ3v) is 3.13. The second-order valence-corrected chi connectivity index (χ2v) is 4.35. The Bertz CT molecular complexity index is 427. The van der Waals surface area contributed by atoms with Crippen molar-refractivity contribution in [2.24, 2.45) is 0 Å². The highest BCUT2D eigenvalue weighted by molar-refractivity contribution is 7.82. The van der Waals surface area contributed by atoms with Crippen LogP contribution in [-0.4, -0.2) is 28.9 Å². The smallest absolute Gasteiger partial charge is 0.283 e.